The predicted molar refractivity (Wildman–Crippen MR) is 110 cm³/mol. The summed E-state index contributed by atoms with van der Waals surface area (Å²) < 4.78 is 11.4. The molecule has 1 N–H and O–H groups in total. The van der Waals surface area contributed by atoms with Gasteiger partial charge in [0.1, 0.15) is 11.6 Å². The van der Waals surface area contributed by atoms with Crippen LogP contribution >= 0.6 is 0 Å². The minimum absolute atomic E-state index is 0.0398. The van der Waals surface area contributed by atoms with Crippen LogP contribution in [0, 0.1) is 11.3 Å². The van der Waals surface area contributed by atoms with E-state index >= 15 is 0 Å². The van der Waals surface area contributed by atoms with E-state index in [1.165, 1.54) is 0 Å². The largest absolute Gasteiger partial charge is 0.490 e. The summed E-state index contributed by atoms with van der Waals surface area (Å²) in [5.74, 6) is 0.862. The smallest absolute Gasteiger partial charge is 0.262 e. The Morgan fingerprint density at radius 1 is 1.11 bits per heavy atom. The Morgan fingerprint density at radius 2 is 1.89 bits per heavy atom. The van der Waals surface area contributed by atoms with Gasteiger partial charge in [0.25, 0.3) is 5.91 Å². The molecule has 0 aliphatic rings. The molecule has 0 heterocycles. The molecule has 5 heteroatoms. The van der Waals surface area contributed by atoms with Gasteiger partial charge in [-0.05, 0) is 42.7 Å². The molecule has 0 saturated carbocycles. The highest BCUT2D eigenvalue weighted by molar-refractivity contribution is 6.01. The van der Waals surface area contributed by atoms with Crippen molar-refractivity contribution >= 4 is 12.0 Å². The first-order valence-corrected chi connectivity index (χ1v) is 9.51. The summed E-state index contributed by atoms with van der Waals surface area (Å²) in [5, 5.41) is 12.2. The normalized spacial score (nSPS) is 10.8. The number of nitrogens with one attached hydrogen (secondary N) is 1. The number of amides is 1. The van der Waals surface area contributed by atoms with Crippen molar-refractivity contribution in [1.29, 1.82) is 5.26 Å². The van der Waals surface area contributed by atoms with Crippen LogP contribution in [-0.2, 0) is 11.3 Å². The quantitative estimate of drug-likeness (QED) is 0.376. The lowest BCUT2D eigenvalue weighted by Crippen LogP contribution is -2.23. The molecular weight excluding hydrogens is 352 g/mol. The lowest BCUT2D eigenvalue weighted by molar-refractivity contribution is -0.117. The van der Waals surface area contributed by atoms with Gasteiger partial charge in [0.15, 0.2) is 11.5 Å². The number of carbonyl (C=O) groups excluding carboxylic acids is 1. The number of unbranched alkanes of at least 4 members (excludes halogenated alkanes) is 1. The van der Waals surface area contributed by atoms with Crippen LogP contribution in [0.25, 0.3) is 6.08 Å². The van der Waals surface area contributed by atoms with Crippen LogP contribution in [-0.4, -0.2) is 19.1 Å². The van der Waals surface area contributed by atoms with Crippen LogP contribution in [0.1, 0.15) is 37.8 Å². The molecule has 0 unspecified atom stereocenters. The van der Waals surface area contributed by atoms with Crippen LogP contribution in [0.2, 0.25) is 0 Å². The van der Waals surface area contributed by atoms with E-state index in [0.29, 0.717) is 36.8 Å². The number of nitriles is 1. The third-order valence-corrected chi connectivity index (χ3v) is 4.00. The summed E-state index contributed by atoms with van der Waals surface area (Å²) in [5.41, 5.74) is 1.72. The van der Waals surface area contributed by atoms with E-state index in [0.717, 1.165) is 18.4 Å². The monoisotopic (exact) mass is 378 g/mol. The van der Waals surface area contributed by atoms with Crippen molar-refractivity contribution in [3.63, 3.8) is 0 Å². The number of hydrogen-bond acceptors (Lipinski definition) is 4. The number of hydrogen-bond donors (Lipinski definition) is 1. The van der Waals surface area contributed by atoms with Gasteiger partial charge in [0.05, 0.1) is 13.2 Å². The Balaban J connectivity index is 2.12. The maximum atomic E-state index is 12.3. The molecule has 28 heavy (non-hydrogen) atoms. The van der Waals surface area contributed by atoms with Gasteiger partial charge in [-0.1, -0.05) is 49.7 Å². The summed E-state index contributed by atoms with van der Waals surface area (Å²) >= 11 is 0. The fourth-order valence-corrected chi connectivity index (χ4v) is 2.52. The van der Waals surface area contributed by atoms with Crippen LogP contribution in [0.15, 0.2) is 54.1 Å². The van der Waals surface area contributed by atoms with Crippen molar-refractivity contribution in [1.82, 2.24) is 5.32 Å². The average Bonchev–Trinajstić information content (AvgIpc) is 2.72. The Kier molecular flexibility index (Phi) is 8.61. The van der Waals surface area contributed by atoms with Crippen LogP contribution in [0.4, 0.5) is 0 Å². The highest BCUT2D eigenvalue weighted by Crippen LogP contribution is 2.29. The van der Waals surface area contributed by atoms with Crippen molar-refractivity contribution in [2.75, 3.05) is 13.2 Å². The summed E-state index contributed by atoms with van der Waals surface area (Å²) in [7, 11) is 0. The second-order valence-corrected chi connectivity index (χ2v) is 6.18. The highest BCUT2D eigenvalue weighted by Gasteiger charge is 2.11. The topological polar surface area (TPSA) is 71.3 Å². The Labute approximate surface area is 166 Å². The van der Waals surface area contributed by atoms with Gasteiger partial charge < -0.3 is 14.8 Å². The van der Waals surface area contributed by atoms with Gasteiger partial charge in [0.2, 0.25) is 0 Å². The number of benzene rings is 2. The maximum Gasteiger partial charge on any atom is 0.262 e. The van der Waals surface area contributed by atoms with E-state index in [4.69, 9.17) is 9.47 Å². The Bertz CT molecular complexity index is 839. The van der Waals surface area contributed by atoms with Crippen molar-refractivity contribution in [2.24, 2.45) is 0 Å². The highest BCUT2D eigenvalue weighted by atomic mass is 16.5. The number of ether oxygens (including phenoxy) is 2. The number of carbonyl (C=O) groups is 1. The van der Waals surface area contributed by atoms with E-state index in [1.807, 2.05) is 55.5 Å². The molecule has 0 radical (unpaired) electrons. The molecule has 0 aromatic heterocycles. The summed E-state index contributed by atoms with van der Waals surface area (Å²) in [6, 6.07) is 16.9. The van der Waals surface area contributed by atoms with E-state index in [9.17, 15) is 10.1 Å². The molecular formula is C23H26N2O3. The first-order chi connectivity index (χ1) is 13.7. The van der Waals surface area contributed by atoms with E-state index in [-0.39, 0.29) is 5.57 Å². The van der Waals surface area contributed by atoms with Crippen molar-refractivity contribution in [3.05, 3.63) is 65.2 Å². The predicted octanol–water partition coefficient (Wildman–Crippen LogP) is 4.49. The van der Waals surface area contributed by atoms with Gasteiger partial charge in [-0.3, -0.25) is 4.79 Å². The lowest BCUT2D eigenvalue weighted by atomic mass is 10.1. The average molecular weight is 378 g/mol. The molecule has 0 spiro atoms. The minimum atomic E-state index is -0.410. The SMILES string of the molecule is CCCCOc1ccc(/C=C(\C#N)C(=O)NCc2ccccc2)cc1OCC. The molecule has 2 aromatic carbocycles. The molecule has 0 aliphatic heterocycles. The third kappa shape index (κ3) is 6.48. The van der Waals surface area contributed by atoms with Crippen LogP contribution in [0.3, 0.4) is 0 Å². The molecule has 2 rings (SSSR count). The summed E-state index contributed by atoms with van der Waals surface area (Å²) in [6.07, 6.45) is 3.57. The van der Waals surface area contributed by atoms with Crippen LogP contribution in [0.5, 0.6) is 11.5 Å². The van der Waals surface area contributed by atoms with E-state index in [1.54, 1.807) is 12.1 Å². The zero-order chi connectivity index (χ0) is 20.2. The zero-order valence-electron chi connectivity index (χ0n) is 16.4. The Hall–Kier alpha value is -3.26. The molecule has 0 saturated heterocycles. The summed E-state index contributed by atoms with van der Waals surface area (Å²) in [6.45, 7) is 5.49. The van der Waals surface area contributed by atoms with Crippen molar-refractivity contribution in [2.45, 2.75) is 33.2 Å². The van der Waals surface area contributed by atoms with Gasteiger partial charge in [0, 0.05) is 6.54 Å². The molecule has 0 bridgehead atoms. The molecule has 146 valence electrons. The van der Waals surface area contributed by atoms with Gasteiger partial charge in [-0.15, -0.1) is 0 Å². The molecule has 0 fully saturated rings. The molecule has 0 atom stereocenters. The zero-order valence-corrected chi connectivity index (χ0v) is 16.4. The molecule has 5 nitrogen and oxygen atoms in total. The molecule has 0 aliphatic carbocycles. The first kappa shape index (κ1) is 21.0. The summed E-state index contributed by atoms with van der Waals surface area (Å²) in [4.78, 5) is 12.3. The standard InChI is InChI=1S/C23H26N2O3/c1-3-5-13-28-21-12-11-19(15-22(21)27-4-2)14-20(16-24)23(26)25-17-18-9-7-6-8-10-18/h6-12,14-15H,3-5,13,17H2,1-2H3,(H,25,26)/b20-14+. The minimum Gasteiger partial charge on any atom is -0.490 e. The Morgan fingerprint density at radius 3 is 2.57 bits per heavy atom. The van der Waals surface area contributed by atoms with Gasteiger partial charge in [-0.2, -0.15) is 5.26 Å². The molecule has 2 aromatic rings. The second-order valence-electron chi connectivity index (χ2n) is 6.18. The van der Waals surface area contributed by atoms with E-state index < -0.39 is 5.91 Å². The van der Waals surface area contributed by atoms with Gasteiger partial charge >= 0.3 is 0 Å². The fraction of sp³-hybridized carbons (Fsp3) is 0.304. The molecule has 1 amide bonds. The first-order valence-electron chi connectivity index (χ1n) is 9.51. The third-order valence-electron chi connectivity index (χ3n) is 4.00. The van der Waals surface area contributed by atoms with Gasteiger partial charge in [-0.25, -0.2) is 0 Å². The van der Waals surface area contributed by atoms with Crippen molar-refractivity contribution < 1.29 is 14.3 Å². The number of nitrogens with zero attached hydrogens (tertiary/aromatic N) is 1. The maximum absolute atomic E-state index is 12.3. The van der Waals surface area contributed by atoms with Crippen LogP contribution < -0.4 is 14.8 Å². The lowest BCUT2D eigenvalue weighted by Gasteiger charge is -2.12. The van der Waals surface area contributed by atoms with Crippen molar-refractivity contribution in [3.8, 4) is 17.6 Å². The second kappa shape index (κ2) is 11.5. The van der Waals surface area contributed by atoms with E-state index in [2.05, 4.69) is 12.2 Å². The fourth-order valence-electron chi connectivity index (χ4n) is 2.52. The number of rotatable bonds is 10.